The van der Waals surface area contributed by atoms with Crippen LogP contribution in [-0.4, -0.2) is 30.4 Å². The fourth-order valence-electron chi connectivity index (χ4n) is 6.22. The summed E-state index contributed by atoms with van der Waals surface area (Å²) in [6, 6.07) is 11.3. The smallest absolute Gasteiger partial charge is 0.251 e. The van der Waals surface area contributed by atoms with Crippen molar-refractivity contribution >= 4 is 51.3 Å². The third-order valence-electron chi connectivity index (χ3n) is 8.11. The number of fused-ring (bicyclic) bond motifs is 4. The summed E-state index contributed by atoms with van der Waals surface area (Å²) in [4.78, 5) is 17.8. The molecule has 5 heterocycles. The van der Waals surface area contributed by atoms with Gasteiger partial charge in [0.15, 0.2) is 16.8 Å². The Morgan fingerprint density at radius 2 is 1.93 bits per heavy atom. The standard InChI is InChI=1S/C28H17Cl2F2N7O2/c29-12-1-4-20(38-10-22(30)35-37-38)15(7-12)11-5-21-16-8-17(16)25(39(21)23(40)6-11)19-9-18(27(32)34-19)13-2-3-14-26(24(13)31)41-36-28(14)33/h1-7,10,16-17,25H,8-9H2,(H2,33,36)/t16-,17+,25+/m1/s1. The highest BCUT2D eigenvalue weighted by Crippen LogP contribution is 2.60. The van der Waals surface area contributed by atoms with Gasteiger partial charge in [-0.05, 0) is 48.2 Å². The normalized spacial score (nSPS) is 21.0. The van der Waals surface area contributed by atoms with E-state index in [1.807, 2.05) is 6.07 Å². The van der Waals surface area contributed by atoms with Crippen LogP contribution in [0, 0.1) is 11.7 Å². The predicted octanol–water partition coefficient (Wildman–Crippen LogP) is 6.11. The fraction of sp³-hybridized carbons (Fsp3) is 0.179. The van der Waals surface area contributed by atoms with Crippen molar-refractivity contribution in [1.82, 2.24) is 24.7 Å². The summed E-state index contributed by atoms with van der Waals surface area (Å²) in [5.74, 6) is -1.26. The molecule has 5 aromatic rings. The van der Waals surface area contributed by atoms with Crippen LogP contribution in [0.4, 0.5) is 14.6 Å². The number of hydrogen-bond donors (Lipinski definition) is 1. The van der Waals surface area contributed by atoms with Crippen molar-refractivity contribution in [2.24, 2.45) is 10.9 Å². The molecule has 9 nitrogen and oxygen atoms in total. The van der Waals surface area contributed by atoms with Gasteiger partial charge in [-0.2, -0.15) is 4.39 Å². The third kappa shape index (κ3) is 3.62. The van der Waals surface area contributed by atoms with Gasteiger partial charge in [-0.15, -0.1) is 5.10 Å². The summed E-state index contributed by atoms with van der Waals surface area (Å²) in [5, 5.41) is 12.5. The van der Waals surface area contributed by atoms with E-state index in [-0.39, 0.29) is 51.5 Å². The molecule has 3 aliphatic rings. The van der Waals surface area contributed by atoms with E-state index in [4.69, 9.17) is 33.5 Å². The van der Waals surface area contributed by atoms with Gasteiger partial charge in [0.1, 0.15) is 0 Å². The van der Waals surface area contributed by atoms with Gasteiger partial charge >= 0.3 is 0 Å². The maximum absolute atomic E-state index is 15.3. The van der Waals surface area contributed by atoms with E-state index in [9.17, 15) is 4.79 Å². The number of allylic oxidation sites excluding steroid dienone is 1. The number of nitrogen functional groups attached to an aromatic ring is 1. The lowest BCUT2D eigenvalue weighted by Gasteiger charge is -2.20. The molecule has 0 spiro atoms. The molecule has 3 atom stereocenters. The van der Waals surface area contributed by atoms with Crippen LogP contribution in [0.5, 0.6) is 0 Å². The van der Waals surface area contributed by atoms with Crippen LogP contribution in [0.3, 0.4) is 0 Å². The van der Waals surface area contributed by atoms with E-state index in [0.717, 1.165) is 12.1 Å². The first-order valence-corrected chi connectivity index (χ1v) is 13.5. The Balaban J connectivity index is 1.16. The highest BCUT2D eigenvalue weighted by molar-refractivity contribution is 6.31. The lowest BCUT2D eigenvalue weighted by molar-refractivity contribution is 0.443. The number of halogens is 4. The molecule has 0 unspecified atom stereocenters. The van der Waals surface area contributed by atoms with E-state index >= 15 is 8.78 Å². The maximum atomic E-state index is 15.3. The minimum Gasteiger partial charge on any atom is -0.380 e. The topological polar surface area (TPSA) is 117 Å². The molecule has 1 fully saturated rings. The van der Waals surface area contributed by atoms with Crippen molar-refractivity contribution in [3.63, 3.8) is 0 Å². The number of pyridine rings is 1. The van der Waals surface area contributed by atoms with Crippen molar-refractivity contribution < 1.29 is 13.3 Å². The highest BCUT2D eigenvalue weighted by Gasteiger charge is 2.55. The first-order chi connectivity index (χ1) is 19.8. The molecule has 0 bridgehead atoms. The minimum atomic E-state index is -0.781. The van der Waals surface area contributed by atoms with Crippen molar-refractivity contribution in [3.8, 4) is 16.8 Å². The lowest BCUT2D eigenvalue weighted by atomic mass is 9.96. The molecule has 8 rings (SSSR count). The van der Waals surface area contributed by atoms with Gasteiger partial charge < -0.3 is 14.8 Å². The molecule has 2 aliphatic heterocycles. The summed E-state index contributed by atoms with van der Waals surface area (Å²) in [5.41, 5.74) is 8.78. The number of benzene rings is 2. The molecule has 3 aromatic heterocycles. The Hall–Kier alpha value is -4.35. The van der Waals surface area contributed by atoms with Crippen LogP contribution in [0.15, 0.2) is 68.9 Å². The average Bonchev–Trinajstić information content (AvgIpc) is 3.21. The zero-order valence-corrected chi connectivity index (χ0v) is 22.4. The number of hydrogen-bond acceptors (Lipinski definition) is 7. The zero-order valence-electron chi connectivity index (χ0n) is 20.9. The van der Waals surface area contributed by atoms with Crippen LogP contribution >= 0.6 is 23.2 Å². The molecule has 1 aliphatic carbocycles. The average molecular weight is 592 g/mol. The molecule has 2 N–H and O–H groups in total. The van der Waals surface area contributed by atoms with Gasteiger partial charge in [-0.25, -0.2) is 14.1 Å². The van der Waals surface area contributed by atoms with Gasteiger partial charge in [0.2, 0.25) is 11.5 Å². The van der Waals surface area contributed by atoms with Crippen LogP contribution in [0.2, 0.25) is 10.2 Å². The maximum Gasteiger partial charge on any atom is 0.251 e. The second kappa shape index (κ2) is 8.58. The first-order valence-electron chi connectivity index (χ1n) is 12.7. The second-order valence-electron chi connectivity index (χ2n) is 10.4. The van der Waals surface area contributed by atoms with E-state index in [1.165, 1.54) is 16.8 Å². The molecule has 204 valence electrons. The summed E-state index contributed by atoms with van der Waals surface area (Å²) >= 11 is 12.3. The number of rotatable bonds is 4. The number of nitrogens with zero attached hydrogens (tertiary/aromatic N) is 6. The molecule has 13 heteroatoms. The Morgan fingerprint density at radius 3 is 2.73 bits per heavy atom. The molecule has 0 amide bonds. The lowest BCUT2D eigenvalue weighted by Crippen LogP contribution is -2.29. The summed E-state index contributed by atoms with van der Waals surface area (Å²) in [6.07, 6.45) is 2.46. The molecule has 0 radical (unpaired) electrons. The quantitative estimate of drug-likeness (QED) is 0.252. The summed E-state index contributed by atoms with van der Waals surface area (Å²) < 4.78 is 38.7. The third-order valence-corrected chi connectivity index (χ3v) is 8.52. The van der Waals surface area contributed by atoms with Gasteiger partial charge in [0.05, 0.1) is 23.3 Å². The fourth-order valence-corrected chi connectivity index (χ4v) is 6.52. The van der Waals surface area contributed by atoms with Gasteiger partial charge in [-0.3, -0.25) is 4.79 Å². The van der Waals surface area contributed by atoms with E-state index in [0.29, 0.717) is 32.9 Å². The van der Waals surface area contributed by atoms with E-state index in [1.54, 1.807) is 35.0 Å². The van der Waals surface area contributed by atoms with Gasteiger partial charge in [-0.1, -0.05) is 39.6 Å². The first kappa shape index (κ1) is 24.4. The molecular weight excluding hydrogens is 575 g/mol. The van der Waals surface area contributed by atoms with Gasteiger partial charge in [0, 0.05) is 51.5 Å². The predicted molar refractivity (Wildman–Crippen MR) is 149 cm³/mol. The molecular formula is C28H17Cl2F2N7O2. The van der Waals surface area contributed by atoms with Crippen molar-refractivity contribution in [2.45, 2.75) is 24.8 Å². The van der Waals surface area contributed by atoms with E-state index in [2.05, 4.69) is 20.5 Å². The summed E-state index contributed by atoms with van der Waals surface area (Å²) in [6.45, 7) is 0. The minimum absolute atomic E-state index is 0.0277. The largest absolute Gasteiger partial charge is 0.380 e. The van der Waals surface area contributed by atoms with Crippen molar-refractivity contribution in [2.75, 3.05) is 5.73 Å². The molecule has 41 heavy (non-hydrogen) atoms. The number of anilines is 1. The second-order valence-corrected chi connectivity index (χ2v) is 11.2. The SMILES string of the molecule is Nc1noc2c(F)c(C3=C(F)N=C([C@@H]4[C@H]5C[C@H]5c5cc(-c6cc(Cl)ccc6-n6cc(Cl)nn6)cc(=O)n54)C3)ccc12. The number of nitrogens with two attached hydrogens (primary N) is 1. The Bertz CT molecular complexity index is 2080. The molecule has 2 aromatic carbocycles. The van der Waals surface area contributed by atoms with Crippen molar-refractivity contribution in [1.29, 1.82) is 0 Å². The van der Waals surface area contributed by atoms with Crippen LogP contribution < -0.4 is 11.3 Å². The Labute approximate surface area is 239 Å². The molecule has 0 saturated heterocycles. The van der Waals surface area contributed by atoms with Crippen LogP contribution in [0.25, 0.3) is 33.4 Å². The highest BCUT2D eigenvalue weighted by atomic mass is 35.5. The van der Waals surface area contributed by atoms with E-state index < -0.39 is 17.8 Å². The monoisotopic (exact) mass is 591 g/mol. The van der Waals surface area contributed by atoms with Gasteiger partial charge in [0.25, 0.3) is 5.56 Å². The Morgan fingerprint density at radius 1 is 1.07 bits per heavy atom. The molecule has 1 saturated carbocycles. The van der Waals surface area contributed by atoms with Crippen LogP contribution in [-0.2, 0) is 0 Å². The number of aromatic nitrogens is 5. The number of aliphatic imine (C=N–C) groups is 1. The Kier molecular flexibility index (Phi) is 5.11. The zero-order chi connectivity index (χ0) is 28.2. The van der Waals surface area contributed by atoms with Crippen LogP contribution in [0.1, 0.15) is 36.1 Å². The van der Waals surface area contributed by atoms with Crippen molar-refractivity contribution in [3.05, 3.63) is 92.2 Å². The summed E-state index contributed by atoms with van der Waals surface area (Å²) in [7, 11) is 0.